The van der Waals surface area contributed by atoms with Gasteiger partial charge >= 0.3 is 0 Å². The molecule has 2 aliphatic heterocycles. The monoisotopic (exact) mass is 487 g/mol. The van der Waals surface area contributed by atoms with Crippen LogP contribution in [0.4, 0.5) is 5.95 Å². The Bertz CT molecular complexity index is 1090. The molecular weight excluding hydrogens is 454 g/mol. The maximum absolute atomic E-state index is 5.49. The topological polar surface area (TPSA) is 72.0 Å². The summed E-state index contributed by atoms with van der Waals surface area (Å²) in [6, 6.07) is 16.2. The average molecular weight is 488 g/mol. The Morgan fingerprint density at radius 1 is 0.889 bits per heavy atom. The Balaban J connectivity index is 1.34. The van der Waals surface area contributed by atoms with Crippen LogP contribution < -0.4 is 19.7 Å². The van der Waals surface area contributed by atoms with E-state index in [-0.39, 0.29) is 6.17 Å². The number of ether oxygens (including phenoxy) is 3. The van der Waals surface area contributed by atoms with Gasteiger partial charge in [0.05, 0.1) is 33.6 Å². The van der Waals surface area contributed by atoms with Crippen LogP contribution in [0.1, 0.15) is 16.7 Å². The molecule has 3 heterocycles. The molecule has 0 saturated carbocycles. The molecule has 0 amide bonds. The molecule has 0 aliphatic carbocycles. The van der Waals surface area contributed by atoms with Gasteiger partial charge in [-0.2, -0.15) is 0 Å². The minimum Gasteiger partial charge on any atom is -0.497 e. The Morgan fingerprint density at radius 3 is 1.97 bits per heavy atom. The van der Waals surface area contributed by atoms with Crippen molar-refractivity contribution in [3.8, 4) is 11.5 Å². The van der Waals surface area contributed by atoms with E-state index in [1.807, 2.05) is 36.7 Å². The smallest absolute Gasteiger partial charge is 0.225 e. The van der Waals surface area contributed by atoms with Crippen LogP contribution in [0.2, 0.25) is 0 Å². The van der Waals surface area contributed by atoms with Gasteiger partial charge in [0.1, 0.15) is 11.5 Å². The number of rotatable bonds is 9. The van der Waals surface area contributed by atoms with E-state index >= 15 is 0 Å². The maximum atomic E-state index is 5.49. The van der Waals surface area contributed by atoms with Gasteiger partial charge in [-0.25, -0.2) is 9.97 Å². The summed E-state index contributed by atoms with van der Waals surface area (Å²) >= 11 is 0. The lowest BCUT2D eigenvalue weighted by Gasteiger charge is -2.31. The maximum Gasteiger partial charge on any atom is 0.225 e. The highest BCUT2D eigenvalue weighted by Crippen LogP contribution is 2.23. The molecule has 0 spiro atoms. The quantitative estimate of drug-likeness (QED) is 0.493. The highest BCUT2D eigenvalue weighted by molar-refractivity contribution is 5.68. The van der Waals surface area contributed by atoms with Crippen molar-refractivity contribution in [2.24, 2.45) is 0 Å². The number of methoxy groups -OCH3 is 2. The van der Waals surface area contributed by atoms with E-state index in [0.29, 0.717) is 19.0 Å². The molecule has 36 heavy (non-hydrogen) atoms. The van der Waals surface area contributed by atoms with Crippen molar-refractivity contribution < 1.29 is 14.2 Å². The molecule has 2 aliphatic rings. The highest BCUT2D eigenvalue weighted by atomic mass is 16.5. The van der Waals surface area contributed by atoms with Gasteiger partial charge in [0.15, 0.2) is 0 Å². The largest absolute Gasteiger partial charge is 0.497 e. The fourth-order valence-electron chi connectivity index (χ4n) is 4.56. The van der Waals surface area contributed by atoms with E-state index in [2.05, 4.69) is 45.5 Å². The molecular formula is C28H33N5O3. The zero-order valence-corrected chi connectivity index (χ0v) is 20.9. The normalized spacial score (nSPS) is 18.1. The number of hydrogen-bond acceptors (Lipinski definition) is 8. The van der Waals surface area contributed by atoms with E-state index in [1.54, 1.807) is 14.2 Å². The zero-order valence-electron chi connectivity index (χ0n) is 20.9. The first-order valence-corrected chi connectivity index (χ1v) is 12.3. The number of morpholine rings is 1. The van der Waals surface area contributed by atoms with Gasteiger partial charge in [-0.05, 0) is 47.0 Å². The van der Waals surface area contributed by atoms with Gasteiger partial charge < -0.3 is 19.1 Å². The molecule has 8 heteroatoms. The molecule has 188 valence electrons. The van der Waals surface area contributed by atoms with E-state index in [0.717, 1.165) is 61.0 Å². The summed E-state index contributed by atoms with van der Waals surface area (Å²) in [5.74, 6) is 2.38. The summed E-state index contributed by atoms with van der Waals surface area (Å²) in [5, 5.41) is 3.59. The molecule has 1 unspecified atom stereocenters. The molecule has 8 nitrogen and oxygen atoms in total. The molecule has 1 N–H and O–H groups in total. The van der Waals surface area contributed by atoms with Crippen molar-refractivity contribution in [3.05, 3.63) is 83.7 Å². The third-order valence-corrected chi connectivity index (χ3v) is 6.66. The minimum atomic E-state index is 0.241. The summed E-state index contributed by atoms with van der Waals surface area (Å²) in [4.78, 5) is 14.2. The van der Waals surface area contributed by atoms with E-state index in [1.165, 1.54) is 5.57 Å². The number of aromatic nitrogens is 2. The van der Waals surface area contributed by atoms with Crippen LogP contribution in [0, 0.1) is 0 Å². The molecule has 3 aromatic rings. The summed E-state index contributed by atoms with van der Waals surface area (Å²) in [5.41, 5.74) is 4.60. The second kappa shape index (κ2) is 11.5. The van der Waals surface area contributed by atoms with E-state index in [4.69, 9.17) is 24.2 Å². The van der Waals surface area contributed by atoms with Crippen LogP contribution in [0.3, 0.4) is 0 Å². The lowest BCUT2D eigenvalue weighted by molar-refractivity contribution is 0.0216. The number of hydrogen-bond donors (Lipinski definition) is 1. The number of benzene rings is 2. The third kappa shape index (κ3) is 5.84. The SMILES string of the molecule is COc1ccc(CN(Cc2ccc(OC)cc2)c2ncc(C3=CC(N4CCOCC4)NC3)cn2)cc1. The first-order chi connectivity index (χ1) is 17.7. The van der Waals surface area contributed by atoms with Gasteiger partial charge in [0, 0.05) is 50.7 Å². The van der Waals surface area contributed by atoms with Gasteiger partial charge in [-0.3, -0.25) is 10.2 Å². The van der Waals surface area contributed by atoms with Crippen molar-refractivity contribution in [1.29, 1.82) is 0 Å². The fourth-order valence-corrected chi connectivity index (χ4v) is 4.56. The Kier molecular flexibility index (Phi) is 7.76. The zero-order chi connectivity index (χ0) is 24.7. The molecule has 1 fully saturated rings. The van der Waals surface area contributed by atoms with Gasteiger partial charge in [0.2, 0.25) is 5.95 Å². The predicted octanol–water partition coefficient (Wildman–Crippen LogP) is 3.35. The minimum absolute atomic E-state index is 0.241. The summed E-state index contributed by atoms with van der Waals surface area (Å²) in [6.45, 7) is 5.64. The summed E-state index contributed by atoms with van der Waals surface area (Å²) in [6.07, 6.45) is 6.40. The van der Waals surface area contributed by atoms with Crippen LogP contribution in [0.25, 0.3) is 5.57 Å². The standard InChI is InChI=1S/C28H33N5O3/c1-34-25-7-3-21(4-8-25)19-33(20-22-5-9-26(35-2)10-6-22)28-30-17-24(18-31-28)23-15-27(29-16-23)32-11-13-36-14-12-32/h3-10,15,17-18,27,29H,11-14,16,19-20H2,1-2H3. The Hall–Kier alpha value is -3.46. The molecule has 1 atom stereocenters. The molecule has 0 radical (unpaired) electrons. The van der Waals surface area contributed by atoms with Crippen LogP contribution in [0.5, 0.6) is 11.5 Å². The lowest BCUT2D eigenvalue weighted by atomic mass is 10.1. The van der Waals surface area contributed by atoms with E-state index in [9.17, 15) is 0 Å². The van der Waals surface area contributed by atoms with Crippen LogP contribution in [0.15, 0.2) is 67.0 Å². The van der Waals surface area contributed by atoms with Gasteiger partial charge in [0.25, 0.3) is 0 Å². The van der Waals surface area contributed by atoms with Crippen molar-refractivity contribution >= 4 is 11.5 Å². The Labute approximate surface area is 212 Å². The number of nitrogens with zero attached hydrogens (tertiary/aromatic N) is 4. The molecule has 2 aromatic carbocycles. The second-order valence-electron chi connectivity index (χ2n) is 8.99. The fraction of sp³-hybridized carbons (Fsp3) is 0.357. The van der Waals surface area contributed by atoms with Crippen molar-refractivity contribution in [2.75, 3.05) is 52.0 Å². The predicted molar refractivity (Wildman–Crippen MR) is 140 cm³/mol. The Morgan fingerprint density at radius 2 is 1.44 bits per heavy atom. The van der Waals surface area contributed by atoms with Crippen LogP contribution in [-0.2, 0) is 17.8 Å². The molecule has 5 rings (SSSR count). The summed E-state index contributed by atoms with van der Waals surface area (Å²) in [7, 11) is 3.36. The molecule has 1 saturated heterocycles. The number of anilines is 1. The van der Waals surface area contributed by atoms with Crippen LogP contribution >= 0.6 is 0 Å². The lowest BCUT2D eigenvalue weighted by Crippen LogP contribution is -2.47. The average Bonchev–Trinajstić information content (AvgIpc) is 3.45. The van der Waals surface area contributed by atoms with Crippen molar-refractivity contribution in [3.63, 3.8) is 0 Å². The van der Waals surface area contributed by atoms with Crippen LogP contribution in [-0.4, -0.2) is 68.1 Å². The van der Waals surface area contributed by atoms with Crippen molar-refractivity contribution in [1.82, 2.24) is 20.2 Å². The second-order valence-corrected chi connectivity index (χ2v) is 8.99. The third-order valence-electron chi connectivity index (χ3n) is 6.66. The van der Waals surface area contributed by atoms with Crippen molar-refractivity contribution in [2.45, 2.75) is 19.3 Å². The first kappa shape index (κ1) is 24.2. The van der Waals surface area contributed by atoms with E-state index < -0.39 is 0 Å². The van der Waals surface area contributed by atoms with Gasteiger partial charge in [-0.15, -0.1) is 0 Å². The highest BCUT2D eigenvalue weighted by Gasteiger charge is 2.24. The number of nitrogens with one attached hydrogen (secondary N) is 1. The molecule has 1 aromatic heterocycles. The summed E-state index contributed by atoms with van der Waals surface area (Å²) < 4.78 is 16.1. The molecule has 0 bridgehead atoms. The first-order valence-electron chi connectivity index (χ1n) is 12.3. The van der Waals surface area contributed by atoms with Gasteiger partial charge in [-0.1, -0.05) is 24.3 Å².